The van der Waals surface area contributed by atoms with E-state index in [2.05, 4.69) is 58.8 Å². The predicted molar refractivity (Wildman–Crippen MR) is 99.1 cm³/mol. The highest BCUT2D eigenvalue weighted by molar-refractivity contribution is 5.89. The molecule has 1 aliphatic carbocycles. The number of H-pyrrole nitrogens is 1. The van der Waals surface area contributed by atoms with Gasteiger partial charge in [-0.25, -0.2) is 0 Å². The molecule has 2 atom stereocenters. The Balaban J connectivity index is 1.73. The number of rotatable bonds is 4. The maximum absolute atomic E-state index is 9.56. The van der Waals surface area contributed by atoms with Crippen molar-refractivity contribution in [1.82, 2.24) is 10.3 Å². The summed E-state index contributed by atoms with van der Waals surface area (Å²) < 4.78 is 0. The van der Waals surface area contributed by atoms with Gasteiger partial charge in [0.2, 0.25) is 0 Å². The third-order valence-corrected chi connectivity index (χ3v) is 4.97. The minimum absolute atomic E-state index is 0.315. The van der Waals surface area contributed by atoms with Crippen molar-refractivity contribution in [2.45, 2.75) is 38.3 Å². The van der Waals surface area contributed by atoms with Crippen LogP contribution in [-0.2, 0) is 6.42 Å². The van der Waals surface area contributed by atoms with Gasteiger partial charge in [-0.15, -0.1) is 0 Å². The molecular formula is C21H24N2O. The van der Waals surface area contributed by atoms with Gasteiger partial charge < -0.3 is 15.4 Å². The Labute approximate surface area is 142 Å². The summed E-state index contributed by atoms with van der Waals surface area (Å²) >= 11 is 0. The van der Waals surface area contributed by atoms with E-state index in [1.807, 2.05) is 6.92 Å². The highest BCUT2D eigenvalue weighted by Crippen LogP contribution is 2.36. The van der Waals surface area contributed by atoms with Crippen LogP contribution in [0.15, 0.2) is 48.5 Å². The van der Waals surface area contributed by atoms with Crippen molar-refractivity contribution in [3.8, 4) is 11.1 Å². The fraction of sp³-hybridized carbons (Fsp3) is 0.333. The first-order valence-electron chi connectivity index (χ1n) is 8.84. The van der Waals surface area contributed by atoms with Crippen molar-refractivity contribution < 1.29 is 5.11 Å². The number of hydrogen-bond acceptors (Lipinski definition) is 2. The first-order valence-corrected chi connectivity index (χ1v) is 8.84. The van der Waals surface area contributed by atoms with Crippen molar-refractivity contribution in [3.05, 3.63) is 59.8 Å². The molecule has 0 aliphatic heterocycles. The lowest BCUT2D eigenvalue weighted by Gasteiger charge is -2.24. The summed E-state index contributed by atoms with van der Waals surface area (Å²) in [5.74, 6) is 0. The zero-order chi connectivity index (χ0) is 16.5. The number of fused-ring (bicyclic) bond motifs is 3. The lowest BCUT2D eigenvalue weighted by atomic mass is 9.91. The highest BCUT2D eigenvalue weighted by atomic mass is 16.3. The third kappa shape index (κ3) is 2.85. The first kappa shape index (κ1) is 15.4. The summed E-state index contributed by atoms with van der Waals surface area (Å²) in [4.78, 5) is 3.62. The zero-order valence-corrected chi connectivity index (χ0v) is 14.0. The van der Waals surface area contributed by atoms with Crippen LogP contribution in [0.2, 0.25) is 0 Å². The van der Waals surface area contributed by atoms with E-state index in [9.17, 15) is 5.11 Å². The molecule has 0 saturated heterocycles. The fourth-order valence-corrected chi connectivity index (χ4v) is 3.79. The molecule has 2 unspecified atom stereocenters. The van der Waals surface area contributed by atoms with Gasteiger partial charge in [0.1, 0.15) is 0 Å². The molecule has 2 aromatic carbocycles. The minimum Gasteiger partial charge on any atom is -0.392 e. The van der Waals surface area contributed by atoms with E-state index in [-0.39, 0.29) is 6.10 Å². The molecule has 4 rings (SSSR count). The Hall–Kier alpha value is -2.10. The Morgan fingerprint density at radius 1 is 1.17 bits per heavy atom. The number of benzene rings is 2. The molecule has 1 heterocycles. The van der Waals surface area contributed by atoms with Crippen LogP contribution in [0.3, 0.4) is 0 Å². The molecule has 3 N–H and O–H groups in total. The van der Waals surface area contributed by atoms with Crippen LogP contribution < -0.4 is 5.32 Å². The van der Waals surface area contributed by atoms with E-state index < -0.39 is 0 Å². The van der Waals surface area contributed by atoms with E-state index in [1.54, 1.807) is 0 Å². The van der Waals surface area contributed by atoms with Crippen molar-refractivity contribution >= 4 is 10.9 Å². The number of aromatic amines is 1. The number of hydrogen-bond donors (Lipinski definition) is 3. The summed E-state index contributed by atoms with van der Waals surface area (Å²) in [6, 6.07) is 17.6. The first-order chi connectivity index (χ1) is 11.7. The number of aliphatic hydroxyl groups is 1. The topological polar surface area (TPSA) is 48.0 Å². The average Bonchev–Trinajstić information content (AvgIpc) is 2.99. The second-order valence-corrected chi connectivity index (χ2v) is 6.85. The maximum atomic E-state index is 9.56. The quantitative estimate of drug-likeness (QED) is 0.675. The van der Waals surface area contributed by atoms with Crippen LogP contribution in [0.4, 0.5) is 0 Å². The lowest BCUT2D eigenvalue weighted by Crippen LogP contribution is -2.31. The zero-order valence-electron chi connectivity index (χ0n) is 14.0. The molecular weight excluding hydrogens is 296 g/mol. The van der Waals surface area contributed by atoms with Crippen LogP contribution in [-0.4, -0.2) is 22.7 Å². The maximum Gasteiger partial charge on any atom is 0.0636 e. The number of aryl methyl sites for hydroxylation is 1. The van der Waals surface area contributed by atoms with Crippen LogP contribution >= 0.6 is 0 Å². The monoisotopic (exact) mass is 320 g/mol. The van der Waals surface area contributed by atoms with E-state index in [0.717, 1.165) is 12.8 Å². The van der Waals surface area contributed by atoms with Gasteiger partial charge in [0.25, 0.3) is 0 Å². The Morgan fingerprint density at radius 2 is 2.00 bits per heavy atom. The van der Waals surface area contributed by atoms with Gasteiger partial charge in [0, 0.05) is 29.2 Å². The van der Waals surface area contributed by atoms with Gasteiger partial charge >= 0.3 is 0 Å². The van der Waals surface area contributed by atoms with Crippen LogP contribution in [0.1, 0.15) is 37.1 Å². The van der Waals surface area contributed by atoms with E-state index >= 15 is 0 Å². The Bertz CT molecular complexity index is 836. The molecule has 0 fully saturated rings. The van der Waals surface area contributed by atoms with Gasteiger partial charge in [-0.3, -0.25) is 0 Å². The average molecular weight is 320 g/mol. The SMILES string of the molecule is CC(O)CNC1CCCc2c1[nH]c1ccc(-c3ccccc3)cc21. The Morgan fingerprint density at radius 3 is 2.79 bits per heavy atom. The van der Waals surface area contributed by atoms with Crippen molar-refractivity contribution in [1.29, 1.82) is 0 Å². The molecule has 0 radical (unpaired) electrons. The fourth-order valence-electron chi connectivity index (χ4n) is 3.79. The van der Waals surface area contributed by atoms with Gasteiger partial charge in [-0.2, -0.15) is 0 Å². The number of nitrogens with one attached hydrogen (secondary N) is 2. The largest absolute Gasteiger partial charge is 0.392 e. The summed E-state index contributed by atoms with van der Waals surface area (Å²) in [7, 11) is 0. The molecule has 3 heteroatoms. The summed E-state index contributed by atoms with van der Waals surface area (Å²) in [6.45, 7) is 2.46. The van der Waals surface area contributed by atoms with Crippen LogP contribution in [0.25, 0.3) is 22.0 Å². The van der Waals surface area contributed by atoms with Crippen molar-refractivity contribution in [2.24, 2.45) is 0 Å². The number of aromatic nitrogens is 1. The van der Waals surface area contributed by atoms with Crippen molar-refractivity contribution in [3.63, 3.8) is 0 Å². The second-order valence-electron chi connectivity index (χ2n) is 6.85. The Kier molecular flexibility index (Phi) is 4.13. The predicted octanol–water partition coefficient (Wildman–Crippen LogP) is 4.18. The minimum atomic E-state index is -0.315. The third-order valence-electron chi connectivity index (χ3n) is 4.97. The smallest absolute Gasteiger partial charge is 0.0636 e. The van der Waals surface area contributed by atoms with E-state index in [0.29, 0.717) is 12.6 Å². The molecule has 0 spiro atoms. The normalized spacial score (nSPS) is 18.5. The molecule has 124 valence electrons. The second kappa shape index (κ2) is 6.42. The molecule has 0 saturated carbocycles. The van der Waals surface area contributed by atoms with E-state index in [4.69, 9.17) is 0 Å². The molecule has 0 bridgehead atoms. The molecule has 0 amide bonds. The standard InChI is InChI=1S/C21H24N2O/c1-14(24)13-22-20-9-5-8-17-18-12-16(15-6-3-2-4-7-15)10-11-19(18)23-21(17)20/h2-4,6-7,10-12,14,20,22-24H,5,8-9,13H2,1H3. The number of aliphatic hydroxyl groups excluding tert-OH is 1. The summed E-state index contributed by atoms with van der Waals surface area (Å²) in [6.07, 6.45) is 3.12. The van der Waals surface area contributed by atoms with Gasteiger partial charge in [-0.1, -0.05) is 36.4 Å². The molecule has 3 aromatic rings. The molecule has 24 heavy (non-hydrogen) atoms. The van der Waals surface area contributed by atoms with E-state index in [1.165, 1.54) is 39.7 Å². The van der Waals surface area contributed by atoms with Gasteiger partial charge in [0.05, 0.1) is 6.10 Å². The lowest BCUT2D eigenvalue weighted by molar-refractivity contribution is 0.184. The molecule has 1 aliphatic rings. The van der Waals surface area contributed by atoms with Gasteiger partial charge in [0.15, 0.2) is 0 Å². The van der Waals surface area contributed by atoms with Gasteiger partial charge in [-0.05, 0) is 55.0 Å². The van der Waals surface area contributed by atoms with Crippen molar-refractivity contribution in [2.75, 3.05) is 6.54 Å². The highest BCUT2D eigenvalue weighted by Gasteiger charge is 2.24. The molecule has 3 nitrogen and oxygen atoms in total. The summed E-state index contributed by atoms with van der Waals surface area (Å²) in [5, 5.41) is 14.4. The molecule has 1 aromatic heterocycles. The summed E-state index contributed by atoms with van der Waals surface area (Å²) in [5.41, 5.74) is 6.49. The van der Waals surface area contributed by atoms with Crippen LogP contribution in [0.5, 0.6) is 0 Å². The van der Waals surface area contributed by atoms with Crippen LogP contribution in [0, 0.1) is 0 Å².